The van der Waals surface area contributed by atoms with E-state index in [1.165, 1.54) is 12.3 Å². The number of benzene rings is 2. The molecule has 1 fully saturated rings. The molecule has 1 heterocycles. The number of carbonyl (C=O) groups is 1. The van der Waals surface area contributed by atoms with Gasteiger partial charge in [0, 0.05) is 30.3 Å². The second kappa shape index (κ2) is 8.41. The zero-order valence-electron chi connectivity index (χ0n) is 14.9. The number of morpholine rings is 1. The van der Waals surface area contributed by atoms with Crippen LogP contribution in [-0.4, -0.2) is 43.3 Å². The fourth-order valence-corrected chi connectivity index (χ4v) is 2.89. The number of nitro groups is 1. The van der Waals surface area contributed by atoms with Crippen molar-refractivity contribution in [2.45, 2.75) is 6.92 Å². The van der Waals surface area contributed by atoms with Crippen LogP contribution in [0.5, 0.6) is 0 Å². The molecule has 1 saturated heterocycles. The van der Waals surface area contributed by atoms with Gasteiger partial charge >= 0.3 is 0 Å². The van der Waals surface area contributed by atoms with Crippen LogP contribution in [0.4, 0.5) is 11.4 Å². The number of hydrogen-bond donors (Lipinski definition) is 1. The monoisotopic (exact) mass is 368 g/mol. The normalized spacial score (nSPS) is 14.3. The summed E-state index contributed by atoms with van der Waals surface area (Å²) in [7, 11) is 0. The third-order valence-electron chi connectivity index (χ3n) is 4.32. The number of aryl methyl sites for hydroxylation is 1. The molecular weight excluding hydrogens is 348 g/mol. The first-order valence-electron chi connectivity index (χ1n) is 8.56. The molecule has 2 aromatic rings. The third kappa shape index (κ3) is 4.48. The first-order chi connectivity index (χ1) is 13.1. The molecule has 8 nitrogen and oxygen atoms in total. The first kappa shape index (κ1) is 18.5. The van der Waals surface area contributed by atoms with Crippen molar-refractivity contribution in [3.05, 3.63) is 69.3 Å². The lowest BCUT2D eigenvalue weighted by molar-refractivity contribution is -0.384. The number of rotatable bonds is 5. The van der Waals surface area contributed by atoms with Gasteiger partial charge in [-0.1, -0.05) is 24.3 Å². The molecule has 1 amide bonds. The van der Waals surface area contributed by atoms with Crippen molar-refractivity contribution >= 4 is 23.5 Å². The molecule has 0 spiro atoms. The molecule has 0 radical (unpaired) electrons. The van der Waals surface area contributed by atoms with Crippen LogP contribution < -0.4 is 10.3 Å². The minimum Gasteiger partial charge on any atom is -0.378 e. The Morgan fingerprint density at radius 2 is 2.00 bits per heavy atom. The Hall–Kier alpha value is -3.26. The highest BCUT2D eigenvalue weighted by atomic mass is 16.6. The topological polar surface area (TPSA) is 97.1 Å². The number of nitro benzene ring substituents is 1. The summed E-state index contributed by atoms with van der Waals surface area (Å²) in [5, 5.41) is 15.4. The highest BCUT2D eigenvalue weighted by Crippen LogP contribution is 2.29. The van der Waals surface area contributed by atoms with Crippen molar-refractivity contribution in [1.29, 1.82) is 0 Å². The molecule has 0 bridgehead atoms. The van der Waals surface area contributed by atoms with Crippen LogP contribution in [0, 0.1) is 17.0 Å². The predicted molar refractivity (Wildman–Crippen MR) is 102 cm³/mol. The first-order valence-corrected chi connectivity index (χ1v) is 8.56. The number of anilines is 1. The molecule has 2 aromatic carbocycles. The molecule has 3 rings (SSSR count). The van der Waals surface area contributed by atoms with E-state index in [0.29, 0.717) is 43.1 Å². The number of hydrogen-bond acceptors (Lipinski definition) is 6. The molecule has 0 saturated carbocycles. The van der Waals surface area contributed by atoms with Crippen LogP contribution in [0.3, 0.4) is 0 Å². The van der Waals surface area contributed by atoms with Crippen LogP contribution in [0.15, 0.2) is 47.6 Å². The second-order valence-electron chi connectivity index (χ2n) is 6.12. The molecule has 1 aliphatic heterocycles. The van der Waals surface area contributed by atoms with E-state index in [4.69, 9.17) is 4.74 Å². The maximum atomic E-state index is 12.1. The van der Waals surface area contributed by atoms with Crippen molar-refractivity contribution in [3.8, 4) is 0 Å². The van der Waals surface area contributed by atoms with Gasteiger partial charge in [0.1, 0.15) is 5.69 Å². The smallest absolute Gasteiger partial charge is 0.293 e. The molecular formula is C19H20N4O4. The van der Waals surface area contributed by atoms with Crippen LogP contribution >= 0.6 is 0 Å². The fraction of sp³-hybridized carbons (Fsp3) is 0.263. The van der Waals surface area contributed by atoms with Gasteiger partial charge in [0.25, 0.3) is 11.6 Å². The summed E-state index contributed by atoms with van der Waals surface area (Å²) in [5.74, 6) is -0.330. The van der Waals surface area contributed by atoms with Gasteiger partial charge in [-0.25, -0.2) is 5.43 Å². The quantitative estimate of drug-likeness (QED) is 0.497. The summed E-state index contributed by atoms with van der Waals surface area (Å²) in [6.07, 6.45) is 1.40. The van der Waals surface area contributed by atoms with Crippen molar-refractivity contribution in [2.75, 3.05) is 31.2 Å². The van der Waals surface area contributed by atoms with E-state index in [1.807, 2.05) is 24.0 Å². The second-order valence-corrected chi connectivity index (χ2v) is 6.12. The summed E-state index contributed by atoms with van der Waals surface area (Å²) in [6, 6.07) is 12.1. The van der Waals surface area contributed by atoms with E-state index in [-0.39, 0.29) is 11.6 Å². The Morgan fingerprint density at radius 1 is 1.26 bits per heavy atom. The van der Waals surface area contributed by atoms with Gasteiger partial charge in [0.05, 0.1) is 24.4 Å². The Bertz CT molecular complexity index is 876. The lowest BCUT2D eigenvalue weighted by atomic mass is 10.1. The molecule has 140 valence electrons. The highest BCUT2D eigenvalue weighted by molar-refractivity contribution is 5.96. The average Bonchev–Trinajstić information content (AvgIpc) is 2.68. The van der Waals surface area contributed by atoms with Gasteiger partial charge in [-0.15, -0.1) is 0 Å². The molecule has 0 aromatic heterocycles. The number of hydrazone groups is 1. The van der Waals surface area contributed by atoms with Crippen molar-refractivity contribution in [3.63, 3.8) is 0 Å². The van der Waals surface area contributed by atoms with Crippen molar-refractivity contribution in [2.24, 2.45) is 5.10 Å². The third-order valence-corrected chi connectivity index (χ3v) is 4.32. The maximum absolute atomic E-state index is 12.1. The van der Waals surface area contributed by atoms with E-state index in [2.05, 4.69) is 10.5 Å². The predicted octanol–water partition coefficient (Wildman–Crippen LogP) is 2.50. The number of carbonyl (C=O) groups excluding carboxylic acids is 1. The van der Waals surface area contributed by atoms with Crippen molar-refractivity contribution < 1.29 is 14.5 Å². The van der Waals surface area contributed by atoms with Gasteiger partial charge in [-0.05, 0) is 24.6 Å². The summed E-state index contributed by atoms with van der Waals surface area (Å²) >= 11 is 0. The standard InChI is InChI=1S/C19H20N4O4/c1-14-4-2-3-5-16(14)19(24)21-20-13-15-6-7-17(18(12-15)23(25)26)22-8-10-27-11-9-22/h2-7,12-13H,8-11H2,1H3,(H,21,24)/b20-13-. The molecule has 1 aliphatic rings. The number of nitrogens with one attached hydrogen (secondary N) is 1. The number of amides is 1. The van der Waals surface area contributed by atoms with E-state index in [1.54, 1.807) is 24.3 Å². The SMILES string of the molecule is Cc1ccccc1C(=O)N/N=C\c1ccc(N2CCOCC2)c([N+](=O)[O-])c1. The molecule has 8 heteroatoms. The number of ether oxygens (including phenoxy) is 1. The van der Waals surface area contributed by atoms with Gasteiger partial charge in [0.2, 0.25) is 0 Å². The van der Waals surface area contributed by atoms with E-state index in [0.717, 1.165) is 5.56 Å². The lowest BCUT2D eigenvalue weighted by Crippen LogP contribution is -2.36. The van der Waals surface area contributed by atoms with E-state index in [9.17, 15) is 14.9 Å². The van der Waals surface area contributed by atoms with Crippen LogP contribution in [-0.2, 0) is 4.74 Å². The minimum absolute atomic E-state index is 0.00563. The zero-order valence-corrected chi connectivity index (χ0v) is 14.9. The fourth-order valence-electron chi connectivity index (χ4n) is 2.89. The maximum Gasteiger partial charge on any atom is 0.293 e. The Balaban J connectivity index is 1.74. The molecule has 0 unspecified atom stereocenters. The van der Waals surface area contributed by atoms with Gasteiger partial charge in [-0.2, -0.15) is 5.10 Å². The van der Waals surface area contributed by atoms with Crippen LogP contribution in [0.25, 0.3) is 0 Å². The molecule has 0 atom stereocenters. The van der Waals surface area contributed by atoms with Gasteiger partial charge in [-0.3, -0.25) is 14.9 Å². The van der Waals surface area contributed by atoms with Gasteiger partial charge in [0.15, 0.2) is 0 Å². The summed E-state index contributed by atoms with van der Waals surface area (Å²) in [6.45, 7) is 4.16. The Labute approximate surface area is 156 Å². The molecule has 27 heavy (non-hydrogen) atoms. The van der Waals surface area contributed by atoms with Gasteiger partial charge < -0.3 is 9.64 Å². The highest BCUT2D eigenvalue weighted by Gasteiger charge is 2.21. The lowest BCUT2D eigenvalue weighted by Gasteiger charge is -2.28. The molecule has 0 aliphatic carbocycles. The van der Waals surface area contributed by atoms with E-state index < -0.39 is 4.92 Å². The van der Waals surface area contributed by atoms with Crippen LogP contribution in [0.1, 0.15) is 21.5 Å². The Kier molecular flexibility index (Phi) is 5.77. The minimum atomic E-state index is -0.409. The summed E-state index contributed by atoms with van der Waals surface area (Å²) < 4.78 is 5.29. The van der Waals surface area contributed by atoms with Crippen LogP contribution in [0.2, 0.25) is 0 Å². The zero-order chi connectivity index (χ0) is 19.2. The van der Waals surface area contributed by atoms with E-state index >= 15 is 0 Å². The Morgan fingerprint density at radius 3 is 2.70 bits per heavy atom. The average molecular weight is 368 g/mol. The number of nitrogens with zero attached hydrogens (tertiary/aromatic N) is 3. The largest absolute Gasteiger partial charge is 0.378 e. The molecule has 1 N–H and O–H groups in total. The summed E-state index contributed by atoms with van der Waals surface area (Å²) in [4.78, 5) is 25.1. The van der Waals surface area contributed by atoms with Crippen molar-refractivity contribution in [1.82, 2.24) is 5.43 Å². The summed E-state index contributed by atoms with van der Waals surface area (Å²) in [5.41, 5.74) is 4.92.